The van der Waals surface area contributed by atoms with Gasteiger partial charge in [-0.15, -0.1) is 6.42 Å². The summed E-state index contributed by atoms with van der Waals surface area (Å²) in [5.74, 6) is -0.000633. The molecule has 0 spiro atoms. The van der Waals surface area contributed by atoms with E-state index in [1.807, 2.05) is 12.0 Å². The summed E-state index contributed by atoms with van der Waals surface area (Å²) < 4.78 is 0. The number of carbonyl (C=O) groups excluding carboxylic acids is 1. The van der Waals surface area contributed by atoms with Crippen LogP contribution in [-0.2, 0) is 16.0 Å². The predicted molar refractivity (Wildman–Crippen MR) is 58.5 cm³/mol. The van der Waals surface area contributed by atoms with E-state index < -0.39 is 17.9 Å². The van der Waals surface area contributed by atoms with E-state index in [2.05, 4.69) is 5.32 Å². The topological polar surface area (TPSA) is 66.4 Å². The highest BCUT2D eigenvalue weighted by Gasteiger charge is 2.19. The molecule has 16 heavy (non-hydrogen) atoms. The second-order valence-corrected chi connectivity index (χ2v) is 3.20. The van der Waals surface area contributed by atoms with Crippen LogP contribution in [0.5, 0.6) is 0 Å². The maximum absolute atomic E-state index is 10.9. The number of carboxylic acids is 1. The van der Waals surface area contributed by atoms with Crippen LogP contribution in [0.15, 0.2) is 30.3 Å². The van der Waals surface area contributed by atoms with E-state index >= 15 is 0 Å². The number of carbonyl (C=O) groups is 2. The molecule has 1 rings (SSSR count). The Morgan fingerprint density at radius 3 is 2.50 bits per heavy atom. The fourth-order valence-corrected chi connectivity index (χ4v) is 1.25. The van der Waals surface area contributed by atoms with Crippen LogP contribution in [0.2, 0.25) is 0 Å². The Kier molecular flexibility index (Phi) is 4.10. The van der Waals surface area contributed by atoms with Crippen LogP contribution >= 0.6 is 0 Å². The van der Waals surface area contributed by atoms with Crippen molar-refractivity contribution in [3.8, 4) is 12.3 Å². The van der Waals surface area contributed by atoms with Crippen LogP contribution in [-0.4, -0.2) is 23.0 Å². The molecule has 0 fully saturated rings. The van der Waals surface area contributed by atoms with E-state index in [0.717, 1.165) is 5.56 Å². The molecule has 1 aromatic carbocycles. The van der Waals surface area contributed by atoms with Gasteiger partial charge in [-0.05, 0) is 11.5 Å². The minimum Gasteiger partial charge on any atom is -0.480 e. The van der Waals surface area contributed by atoms with Gasteiger partial charge in [0.1, 0.15) is 6.04 Å². The minimum atomic E-state index is -1.10. The average Bonchev–Trinajstić information content (AvgIpc) is 2.29. The van der Waals surface area contributed by atoms with Crippen LogP contribution in [0, 0.1) is 12.3 Å². The maximum Gasteiger partial charge on any atom is 0.326 e. The van der Waals surface area contributed by atoms with E-state index in [0.29, 0.717) is 0 Å². The number of amides is 1. The monoisotopic (exact) mass is 217 g/mol. The van der Waals surface area contributed by atoms with Crippen molar-refractivity contribution < 1.29 is 14.7 Å². The number of terminal acetylenes is 1. The van der Waals surface area contributed by atoms with Crippen LogP contribution in [0.1, 0.15) is 5.56 Å². The van der Waals surface area contributed by atoms with E-state index in [-0.39, 0.29) is 6.42 Å². The molecule has 0 aromatic heterocycles. The second-order valence-electron chi connectivity index (χ2n) is 3.20. The summed E-state index contributed by atoms with van der Waals surface area (Å²) in [7, 11) is 0. The first-order chi connectivity index (χ1) is 7.63. The average molecular weight is 217 g/mol. The first-order valence-corrected chi connectivity index (χ1v) is 4.67. The van der Waals surface area contributed by atoms with Gasteiger partial charge < -0.3 is 10.4 Å². The van der Waals surface area contributed by atoms with Gasteiger partial charge in [-0.3, -0.25) is 4.79 Å². The lowest BCUT2D eigenvalue weighted by Crippen LogP contribution is -2.41. The summed E-state index contributed by atoms with van der Waals surface area (Å²) in [4.78, 5) is 21.8. The molecule has 0 radical (unpaired) electrons. The van der Waals surface area contributed by atoms with Crippen molar-refractivity contribution in [1.82, 2.24) is 5.32 Å². The number of rotatable bonds is 4. The zero-order valence-electron chi connectivity index (χ0n) is 8.51. The lowest BCUT2D eigenvalue weighted by Gasteiger charge is -2.12. The zero-order chi connectivity index (χ0) is 12.0. The first-order valence-electron chi connectivity index (χ1n) is 4.67. The van der Waals surface area contributed by atoms with Crippen LogP contribution in [0.3, 0.4) is 0 Å². The molecule has 0 aliphatic heterocycles. The summed E-state index contributed by atoms with van der Waals surface area (Å²) in [6, 6.07) is 8.02. The molecule has 1 aromatic rings. The molecule has 0 aliphatic rings. The molecular formula is C12H11NO3. The number of carboxylic acid groups (broad SMARTS) is 1. The summed E-state index contributed by atoms with van der Waals surface area (Å²) in [5, 5.41) is 11.1. The van der Waals surface area contributed by atoms with Crippen molar-refractivity contribution in [3.05, 3.63) is 35.9 Å². The van der Waals surface area contributed by atoms with Gasteiger partial charge in [0, 0.05) is 6.42 Å². The maximum atomic E-state index is 10.9. The molecule has 0 bridgehead atoms. The third-order valence-corrected chi connectivity index (χ3v) is 2.02. The number of aliphatic carboxylic acids is 1. The molecule has 0 unspecified atom stereocenters. The SMILES string of the molecule is C#CC(=O)N[C@H](Cc1ccccc1)C(=O)O. The minimum absolute atomic E-state index is 0.212. The van der Waals surface area contributed by atoms with Gasteiger partial charge in [-0.25, -0.2) is 4.79 Å². The van der Waals surface area contributed by atoms with Crippen molar-refractivity contribution in [2.45, 2.75) is 12.5 Å². The van der Waals surface area contributed by atoms with Crippen molar-refractivity contribution in [1.29, 1.82) is 0 Å². The zero-order valence-corrected chi connectivity index (χ0v) is 8.51. The molecule has 0 saturated carbocycles. The van der Waals surface area contributed by atoms with Crippen LogP contribution in [0.25, 0.3) is 0 Å². The molecule has 4 nitrogen and oxygen atoms in total. The third-order valence-electron chi connectivity index (χ3n) is 2.02. The molecule has 0 aliphatic carbocycles. The number of benzene rings is 1. The molecule has 1 amide bonds. The Labute approximate surface area is 93.3 Å². The predicted octanol–water partition coefficient (Wildman–Crippen LogP) is 0.432. The number of hydrogen-bond donors (Lipinski definition) is 2. The highest BCUT2D eigenvalue weighted by molar-refractivity contribution is 5.95. The summed E-state index contributed by atoms with van der Waals surface area (Å²) >= 11 is 0. The molecular weight excluding hydrogens is 206 g/mol. The van der Waals surface area contributed by atoms with Gasteiger partial charge in [-0.2, -0.15) is 0 Å². The smallest absolute Gasteiger partial charge is 0.326 e. The quantitative estimate of drug-likeness (QED) is 0.719. The van der Waals surface area contributed by atoms with Gasteiger partial charge in [0.25, 0.3) is 5.91 Å². The molecule has 0 saturated heterocycles. The van der Waals surface area contributed by atoms with Gasteiger partial charge in [0.2, 0.25) is 0 Å². The third kappa shape index (κ3) is 3.46. The molecule has 1 atom stereocenters. The molecule has 82 valence electrons. The van der Waals surface area contributed by atoms with Crippen LogP contribution < -0.4 is 5.32 Å². The van der Waals surface area contributed by atoms with E-state index in [9.17, 15) is 9.59 Å². The summed E-state index contributed by atoms with van der Waals surface area (Å²) in [6.45, 7) is 0. The van der Waals surface area contributed by atoms with Crippen molar-refractivity contribution in [3.63, 3.8) is 0 Å². The number of hydrogen-bond acceptors (Lipinski definition) is 2. The van der Waals surface area contributed by atoms with Crippen LogP contribution in [0.4, 0.5) is 0 Å². The lowest BCUT2D eigenvalue weighted by molar-refractivity contribution is -0.141. The molecule has 0 heterocycles. The Balaban J connectivity index is 2.70. The standard InChI is InChI=1S/C12H11NO3/c1-2-11(14)13-10(12(15)16)8-9-6-4-3-5-7-9/h1,3-7,10H,8H2,(H,13,14)(H,15,16)/t10-/m1/s1. The van der Waals surface area contributed by atoms with Crippen molar-refractivity contribution in [2.24, 2.45) is 0 Å². The van der Waals surface area contributed by atoms with E-state index in [4.69, 9.17) is 11.5 Å². The number of nitrogens with one attached hydrogen (secondary N) is 1. The van der Waals surface area contributed by atoms with Gasteiger partial charge >= 0.3 is 5.97 Å². The Hall–Kier alpha value is -2.28. The van der Waals surface area contributed by atoms with Gasteiger partial charge in [0.15, 0.2) is 0 Å². The lowest BCUT2D eigenvalue weighted by atomic mass is 10.1. The Morgan fingerprint density at radius 1 is 1.38 bits per heavy atom. The van der Waals surface area contributed by atoms with E-state index in [1.54, 1.807) is 24.3 Å². The Bertz CT molecular complexity index is 420. The van der Waals surface area contributed by atoms with Gasteiger partial charge in [0.05, 0.1) is 0 Å². The highest BCUT2D eigenvalue weighted by atomic mass is 16.4. The Morgan fingerprint density at radius 2 is 2.00 bits per heavy atom. The summed E-state index contributed by atoms with van der Waals surface area (Å²) in [6.07, 6.45) is 5.07. The summed E-state index contributed by atoms with van der Waals surface area (Å²) in [5.41, 5.74) is 0.826. The van der Waals surface area contributed by atoms with Crippen molar-refractivity contribution in [2.75, 3.05) is 0 Å². The van der Waals surface area contributed by atoms with E-state index in [1.165, 1.54) is 0 Å². The molecule has 4 heteroatoms. The fraction of sp³-hybridized carbons (Fsp3) is 0.167. The molecule has 2 N–H and O–H groups in total. The normalized spacial score (nSPS) is 11.2. The first kappa shape index (κ1) is 11.8. The van der Waals surface area contributed by atoms with Gasteiger partial charge in [-0.1, -0.05) is 30.3 Å². The largest absolute Gasteiger partial charge is 0.480 e. The van der Waals surface area contributed by atoms with Crippen molar-refractivity contribution >= 4 is 11.9 Å². The fourth-order valence-electron chi connectivity index (χ4n) is 1.25. The second kappa shape index (κ2) is 5.56. The highest BCUT2D eigenvalue weighted by Crippen LogP contribution is 2.03.